The van der Waals surface area contributed by atoms with Gasteiger partial charge in [0.05, 0.1) is 0 Å². The molecule has 106 valence electrons. The van der Waals surface area contributed by atoms with E-state index in [1.54, 1.807) is 11.8 Å². The first kappa shape index (κ1) is 14.4. The smallest absolute Gasteiger partial charge is 0.253 e. The lowest BCUT2D eigenvalue weighted by molar-refractivity contribution is -0.145. The Bertz CT molecular complexity index is 420. The predicted molar refractivity (Wildman–Crippen MR) is 77.5 cm³/mol. The van der Waals surface area contributed by atoms with Crippen molar-refractivity contribution in [1.29, 1.82) is 0 Å². The quantitative estimate of drug-likeness (QED) is 0.787. The van der Waals surface area contributed by atoms with Crippen LogP contribution < -0.4 is 5.32 Å². The summed E-state index contributed by atoms with van der Waals surface area (Å²) in [4.78, 5) is 25.7. The molecule has 5 heteroatoms. The van der Waals surface area contributed by atoms with E-state index in [4.69, 9.17) is 0 Å². The van der Waals surface area contributed by atoms with Gasteiger partial charge in [-0.3, -0.25) is 14.5 Å². The second-order valence-corrected chi connectivity index (χ2v) is 6.21. The Kier molecular flexibility index (Phi) is 4.55. The van der Waals surface area contributed by atoms with Crippen molar-refractivity contribution >= 4 is 23.6 Å². The molecule has 2 aliphatic heterocycles. The standard InChI is InChI=1S/C14H22N2O2S/c1-4-6-7-11(17)15-12-13(18)16-9(3)10(5-2)8-19-14(12)16/h12,14H,4-8H2,1-3H3,(H,15,17)/t12-,14-/m1/s1. The molecule has 19 heavy (non-hydrogen) atoms. The fraction of sp³-hybridized carbons (Fsp3) is 0.714. The van der Waals surface area contributed by atoms with Crippen molar-refractivity contribution in [3.63, 3.8) is 0 Å². The molecule has 2 aliphatic rings. The molecule has 0 unspecified atom stereocenters. The van der Waals surface area contributed by atoms with E-state index in [1.807, 2.05) is 11.8 Å². The van der Waals surface area contributed by atoms with E-state index in [9.17, 15) is 9.59 Å². The third-order valence-electron chi connectivity index (χ3n) is 3.85. The molecule has 2 rings (SSSR count). The van der Waals surface area contributed by atoms with Crippen LogP contribution in [0.2, 0.25) is 0 Å². The number of hydrogen-bond acceptors (Lipinski definition) is 3. The minimum Gasteiger partial charge on any atom is -0.342 e. The highest BCUT2D eigenvalue weighted by Gasteiger charge is 2.51. The van der Waals surface area contributed by atoms with Crippen LogP contribution in [0.1, 0.15) is 46.5 Å². The van der Waals surface area contributed by atoms with Gasteiger partial charge in [-0.05, 0) is 25.3 Å². The first-order valence-corrected chi connectivity index (χ1v) is 8.07. The van der Waals surface area contributed by atoms with Gasteiger partial charge in [0.2, 0.25) is 5.91 Å². The normalized spacial score (nSPS) is 26.1. The second-order valence-electron chi connectivity index (χ2n) is 5.10. The molecule has 0 spiro atoms. The highest BCUT2D eigenvalue weighted by Crippen LogP contribution is 2.40. The van der Waals surface area contributed by atoms with Crippen LogP contribution in [0.4, 0.5) is 0 Å². The summed E-state index contributed by atoms with van der Waals surface area (Å²) in [6.07, 6.45) is 3.39. The van der Waals surface area contributed by atoms with Gasteiger partial charge in [0.25, 0.3) is 5.91 Å². The minimum atomic E-state index is -0.317. The Labute approximate surface area is 119 Å². The molecule has 0 aromatic carbocycles. The zero-order valence-corrected chi connectivity index (χ0v) is 12.7. The molecular formula is C14H22N2O2S. The fourth-order valence-electron chi connectivity index (χ4n) is 2.53. The lowest BCUT2D eigenvalue weighted by Gasteiger charge is -2.50. The summed E-state index contributed by atoms with van der Waals surface area (Å²) in [5.74, 6) is 1.02. The molecule has 1 fully saturated rings. The van der Waals surface area contributed by atoms with E-state index in [0.717, 1.165) is 30.7 Å². The molecule has 4 nitrogen and oxygen atoms in total. The van der Waals surface area contributed by atoms with Crippen LogP contribution in [-0.4, -0.2) is 33.9 Å². The van der Waals surface area contributed by atoms with Gasteiger partial charge >= 0.3 is 0 Å². The first-order valence-electron chi connectivity index (χ1n) is 7.02. The second kappa shape index (κ2) is 5.99. The summed E-state index contributed by atoms with van der Waals surface area (Å²) in [7, 11) is 0. The number of amides is 2. The summed E-state index contributed by atoms with van der Waals surface area (Å²) in [6.45, 7) is 6.19. The highest BCUT2D eigenvalue weighted by atomic mass is 32.2. The average Bonchev–Trinajstić information content (AvgIpc) is 2.41. The van der Waals surface area contributed by atoms with Crippen LogP contribution in [0.3, 0.4) is 0 Å². The predicted octanol–water partition coefficient (Wildman–Crippen LogP) is 2.26. The molecule has 0 radical (unpaired) electrons. The van der Waals surface area contributed by atoms with Crippen molar-refractivity contribution in [2.45, 2.75) is 57.9 Å². The molecule has 2 amide bonds. The van der Waals surface area contributed by atoms with Gasteiger partial charge in [-0.25, -0.2) is 0 Å². The highest BCUT2D eigenvalue weighted by molar-refractivity contribution is 8.00. The van der Waals surface area contributed by atoms with Gasteiger partial charge in [0.15, 0.2) is 0 Å². The van der Waals surface area contributed by atoms with E-state index < -0.39 is 0 Å². The maximum atomic E-state index is 12.1. The number of nitrogens with one attached hydrogen (secondary N) is 1. The Morgan fingerprint density at radius 2 is 2.21 bits per heavy atom. The van der Waals surface area contributed by atoms with E-state index in [0.29, 0.717) is 6.42 Å². The fourth-order valence-corrected chi connectivity index (χ4v) is 4.10. The van der Waals surface area contributed by atoms with Crippen molar-refractivity contribution in [2.24, 2.45) is 0 Å². The lowest BCUT2D eigenvalue weighted by atomic mass is 10.0. The van der Waals surface area contributed by atoms with Crippen molar-refractivity contribution < 1.29 is 9.59 Å². The number of hydrogen-bond donors (Lipinski definition) is 1. The maximum Gasteiger partial charge on any atom is 0.253 e. The van der Waals surface area contributed by atoms with Gasteiger partial charge in [-0.15, -0.1) is 11.8 Å². The SMILES string of the molecule is CCCCC(=O)N[C@@H]1C(=O)N2C(C)=C(CC)CS[C@H]12. The van der Waals surface area contributed by atoms with E-state index >= 15 is 0 Å². The van der Waals surface area contributed by atoms with E-state index in [-0.39, 0.29) is 23.2 Å². The number of carbonyl (C=O) groups excluding carboxylic acids is 2. The van der Waals surface area contributed by atoms with Crippen LogP contribution in [0.25, 0.3) is 0 Å². The van der Waals surface area contributed by atoms with Crippen LogP contribution in [0.5, 0.6) is 0 Å². The number of fused-ring (bicyclic) bond motifs is 1. The minimum absolute atomic E-state index is 0.00312. The van der Waals surface area contributed by atoms with Gasteiger partial charge in [-0.1, -0.05) is 20.3 Å². The van der Waals surface area contributed by atoms with E-state index in [2.05, 4.69) is 19.2 Å². The first-order chi connectivity index (χ1) is 9.10. The van der Waals surface area contributed by atoms with Crippen molar-refractivity contribution in [1.82, 2.24) is 10.2 Å². The number of nitrogens with zero attached hydrogens (tertiary/aromatic N) is 1. The molecule has 0 bridgehead atoms. The largest absolute Gasteiger partial charge is 0.342 e. The van der Waals surface area contributed by atoms with Crippen LogP contribution in [0.15, 0.2) is 11.3 Å². The molecule has 0 saturated carbocycles. The molecule has 2 heterocycles. The molecule has 2 atom stereocenters. The van der Waals surface area contributed by atoms with Gasteiger partial charge < -0.3 is 5.32 Å². The summed E-state index contributed by atoms with van der Waals surface area (Å²) in [5, 5.41) is 2.98. The van der Waals surface area contributed by atoms with E-state index in [1.165, 1.54) is 5.57 Å². The third kappa shape index (κ3) is 2.66. The zero-order valence-electron chi connectivity index (χ0n) is 11.9. The van der Waals surface area contributed by atoms with Crippen LogP contribution in [-0.2, 0) is 9.59 Å². The molecule has 0 aromatic heterocycles. The molecule has 1 N–H and O–H groups in total. The zero-order chi connectivity index (χ0) is 14.0. The molecular weight excluding hydrogens is 260 g/mol. The average molecular weight is 282 g/mol. The van der Waals surface area contributed by atoms with Gasteiger partial charge in [-0.2, -0.15) is 0 Å². The Balaban J connectivity index is 1.97. The summed E-state index contributed by atoms with van der Waals surface area (Å²) >= 11 is 1.76. The van der Waals surface area contributed by atoms with Crippen LogP contribution >= 0.6 is 11.8 Å². The Hall–Kier alpha value is -0.970. The summed E-state index contributed by atoms with van der Waals surface area (Å²) in [6, 6.07) is -0.317. The molecule has 1 saturated heterocycles. The summed E-state index contributed by atoms with van der Waals surface area (Å²) in [5.41, 5.74) is 2.43. The lowest BCUT2D eigenvalue weighted by Crippen LogP contribution is -2.69. The molecule has 0 aliphatic carbocycles. The third-order valence-corrected chi connectivity index (χ3v) is 5.18. The summed E-state index contributed by atoms with van der Waals surface area (Å²) < 4.78 is 0. The molecule has 0 aromatic rings. The number of unbranched alkanes of at least 4 members (excludes halogenated alkanes) is 1. The van der Waals surface area contributed by atoms with Crippen molar-refractivity contribution in [3.8, 4) is 0 Å². The van der Waals surface area contributed by atoms with Gasteiger partial charge in [0, 0.05) is 17.9 Å². The number of β-lactam (4-membered cyclic amide) rings is 1. The van der Waals surface area contributed by atoms with Crippen molar-refractivity contribution in [2.75, 3.05) is 5.75 Å². The number of rotatable bonds is 5. The van der Waals surface area contributed by atoms with Gasteiger partial charge in [0.1, 0.15) is 11.4 Å². The number of thioether (sulfide) groups is 1. The number of carbonyl (C=O) groups is 2. The maximum absolute atomic E-state index is 12.1. The Morgan fingerprint density at radius 3 is 2.84 bits per heavy atom. The van der Waals surface area contributed by atoms with Crippen molar-refractivity contribution in [3.05, 3.63) is 11.3 Å². The van der Waals surface area contributed by atoms with Crippen LogP contribution in [0, 0.1) is 0 Å². The number of allylic oxidation sites excluding steroid dienone is 1. The topological polar surface area (TPSA) is 49.4 Å². The monoisotopic (exact) mass is 282 g/mol. The Morgan fingerprint density at radius 1 is 1.47 bits per heavy atom.